The number of hydrogen-bond donors (Lipinski definition) is 2. The molecule has 3 heteroatoms. The van der Waals surface area contributed by atoms with Gasteiger partial charge in [0.2, 0.25) is 0 Å². The lowest BCUT2D eigenvalue weighted by molar-refractivity contribution is 0.368. The minimum absolute atomic E-state index is 0.225. The van der Waals surface area contributed by atoms with Gasteiger partial charge >= 0.3 is 0 Å². The normalized spacial score (nSPS) is 12.1. The second-order valence-electron chi connectivity index (χ2n) is 5.27. The molecule has 0 heterocycles. The summed E-state index contributed by atoms with van der Waals surface area (Å²) in [6, 6.07) is 16.4. The fourth-order valence-corrected chi connectivity index (χ4v) is 2.29. The third-order valence-electron chi connectivity index (χ3n) is 3.65. The van der Waals surface area contributed by atoms with Crippen LogP contribution in [0.25, 0.3) is 0 Å². The second kappa shape index (κ2) is 7.70. The molecule has 0 aliphatic rings. The predicted molar refractivity (Wildman–Crippen MR) is 85.7 cm³/mol. The summed E-state index contributed by atoms with van der Waals surface area (Å²) in [7, 11) is 1.56. The zero-order valence-electron chi connectivity index (χ0n) is 12.7. The molecule has 2 N–H and O–H groups in total. The Labute approximate surface area is 126 Å². The molecule has 0 spiro atoms. The maximum atomic E-state index is 10.0. The van der Waals surface area contributed by atoms with Crippen LogP contribution in [0.3, 0.4) is 0 Å². The summed E-state index contributed by atoms with van der Waals surface area (Å²) < 4.78 is 5.12. The molecular formula is C18H23NO2. The van der Waals surface area contributed by atoms with Gasteiger partial charge in [-0.2, -0.15) is 0 Å². The molecule has 0 radical (unpaired) electrons. The van der Waals surface area contributed by atoms with Crippen LogP contribution in [0, 0.1) is 0 Å². The first-order chi connectivity index (χ1) is 10.2. The Morgan fingerprint density at radius 1 is 1.10 bits per heavy atom. The Morgan fingerprint density at radius 2 is 1.86 bits per heavy atom. The summed E-state index contributed by atoms with van der Waals surface area (Å²) in [5, 5.41) is 13.5. The van der Waals surface area contributed by atoms with Crippen molar-refractivity contribution in [2.24, 2.45) is 0 Å². The standard InChI is InChI=1S/C18H23NO2/c1-14(11-12-15-7-4-3-5-8-15)19-13-16-9-6-10-17(21-2)18(16)20/h3-10,14,19-20H,11-13H2,1-2H3. The van der Waals surface area contributed by atoms with Gasteiger partial charge in [0.15, 0.2) is 11.5 Å². The molecule has 0 saturated heterocycles. The highest BCUT2D eigenvalue weighted by atomic mass is 16.5. The number of aromatic hydroxyl groups is 1. The Hall–Kier alpha value is -2.00. The van der Waals surface area contributed by atoms with E-state index in [0.29, 0.717) is 18.3 Å². The minimum atomic E-state index is 0.225. The van der Waals surface area contributed by atoms with E-state index in [1.54, 1.807) is 13.2 Å². The average Bonchev–Trinajstić information content (AvgIpc) is 2.53. The van der Waals surface area contributed by atoms with Crippen LogP contribution in [0.4, 0.5) is 0 Å². The number of methoxy groups -OCH3 is 1. The van der Waals surface area contributed by atoms with Crippen molar-refractivity contribution in [3.8, 4) is 11.5 Å². The van der Waals surface area contributed by atoms with Crippen LogP contribution in [0.2, 0.25) is 0 Å². The van der Waals surface area contributed by atoms with Crippen LogP contribution < -0.4 is 10.1 Å². The Morgan fingerprint density at radius 3 is 2.57 bits per heavy atom. The van der Waals surface area contributed by atoms with Crippen LogP contribution in [0.5, 0.6) is 11.5 Å². The number of phenols is 1. The van der Waals surface area contributed by atoms with E-state index in [1.165, 1.54) is 5.56 Å². The largest absolute Gasteiger partial charge is 0.504 e. The Kier molecular flexibility index (Phi) is 5.64. The van der Waals surface area contributed by atoms with Crippen LogP contribution in [0.15, 0.2) is 48.5 Å². The number of phenolic OH excluding ortho intramolecular Hbond substituents is 1. The van der Waals surface area contributed by atoms with Crippen molar-refractivity contribution in [2.75, 3.05) is 7.11 Å². The van der Waals surface area contributed by atoms with Gasteiger partial charge in [-0.3, -0.25) is 0 Å². The average molecular weight is 285 g/mol. The van der Waals surface area contributed by atoms with E-state index in [4.69, 9.17) is 4.74 Å². The van der Waals surface area contributed by atoms with E-state index in [1.807, 2.05) is 18.2 Å². The Bertz CT molecular complexity index is 554. The molecule has 1 atom stereocenters. The molecule has 0 fully saturated rings. The van der Waals surface area contributed by atoms with Gasteiger partial charge in [-0.25, -0.2) is 0 Å². The minimum Gasteiger partial charge on any atom is -0.504 e. The number of para-hydroxylation sites is 1. The summed E-state index contributed by atoms with van der Waals surface area (Å²) in [4.78, 5) is 0. The molecule has 0 saturated carbocycles. The molecule has 0 amide bonds. The van der Waals surface area contributed by atoms with Crippen molar-refractivity contribution < 1.29 is 9.84 Å². The number of rotatable bonds is 7. The molecule has 0 aliphatic heterocycles. The summed E-state index contributed by atoms with van der Waals surface area (Å²) in [6.07, 6.45) is 2.12. The smallest absolute Gasteiger partial charge is 0.162 e. The van der Waals surface area contributed by atoms with Gasteiger partial charge in [-0.05, 0) is 31.4 Å². The highest BCUT2D eigenvalue weighted by Crippen LogP contribution is 2.29. The van der Waals surface area contributed by atoms with Gasteiger partial charge in [0.25, 0.3) is 0 Å². The molecule has 0 aromatic heterocycles. The van der Waals surface area contributed by atoms with Crippen LogP contribution in [-0.4, -0.2) is 18.3 Å². The fourth-order valence-electron chi connectivity index (χ4n) is 2.29. The molecule has 3 nitrogen and oxygen atoms in total. The van der Waals surface area contributed by atoms with Gasteiger partial charge in [0.1, 0.15) is 0 Å². The lowest BCUT2D eigenvalue weighted by Gasteiger charge is -2.15. The van der Waals surface area contributed by atoms with Gasteiger partial charge < -0.3 is 15.2 Å². The van der Waals surface area contributed by atoms with E-state index in [-0.39, 0.29) is 5.75 Å². The molecule has 0 aliphatic carbocycles. The van der Waals surface area contributed by atoms with Gasteiger partial charge in [-0.1, -0.05) is 42.5 Å². The second-order valence-corrected chi connectivity index (χ2v) is 5.27. The lowest BCUT2D eigenvalue weighted by atomic mass is 10.1. The van der Waals surface area contributed by atoms with E-state index >= 15 is 0 Å². The van der Waals surface area contributed by atoms with Crippen molar-refractivity contribution in [3.05, 3.63) is 59.7 Å². The van der Waals surface area contributed by atoms with Crippen molar-refractivity contribution in [3.63, 3.8) is 0 Å². The lowest BCUT2D eigenvalue weighted by Crippen LogP contribution is -2.26. The van der Waals surface area contributed by atoms with Crippen molar-refractivity contribution >= 4 is 0 Å². The molecule has 2 rings (SSSR count). The Balaban J connectivity index is 1.83. The quantitative estimate of drug-likeness (QED) is 0.818. The molecule has 2 aromatic carbocycles. The third kappa shape index (κ3) is 4.50. The van der Waals surface area contributed by atoms with Crippen molar-refractivity contribution in [1.82, 2.24) is 5.32 Å². The van der Waals surface area contributed by atoms with E-state index < -0.39 is 0 Å². The zero-order chi connectivity index (χ0) is 15.1. The molecular weight excluding hydrogens is 262 g/mol. The van der Waals surface area contributed by atoms with Crippen molar-refractivity contribution in [2.45, 2.75) is 32.4 Å². The number of aryl methyl sites for hydroxylation is 1. The SMILES string of the molecule is COc1cccc(CNC(C)CCc2ccccc2)c1O. The summed E-state index contributed by atoms with van der Waals surface area (Å²) >= 11 is 0. The van der Waals surface area contributed by atoms with E-state index in [2.05, 4.69) is 36.5 Å². The number of nitrogens with one attached hydrogen (secondary N) is 1. The summed E-state index contributed by atoms with van der Waals surface area (Å²) in [5.41, 5.74) is 2.22. The highest BCUT2D eigenvalue weighted by molar-refractivity contribution is 5.45. The first-order valence-electron chi connectivity index (χ1n) is 7.33. The van der Waals surface area contributed by atoms with E-state index in [0.717, 1.165) is 18.4 Å². The summed E-state index contributed by atoms with van der Waals surface area (Å²) in [5.74, 6) is 0.744. The maximum Gasteiger partial charge on any atom is 0.162 e. The number of hydrogen-bond acceptors (Lipinski definition) is 3. The van der Waals surface area contributed by atoms with Gasteiger partial charge in [-0.15, -0.1) is 0 Å². The maximum absolute atomic E-state index is 10.0. The molecule has 112 valence electrons. The summed E-state index contributed by atoms with van der Waals surface area (Å²) in [6.45, 7) is 2.80. The predicted octanol–water partition coefficient (Wildman–Crippen LogP) is 3.51. The topological polar surface area (TPSA) is 41.5 Å². The monoisotopic (exact) mass is 285 g/mol. The third-order valence-corrected chi connectivity index (χ3v) is 3.65. The van der Waals surface area contributed by atoms with Crippen LogP contribution in [0.1, 0.15) is 24.5 Å². The fraction of sp³-hybridized carbons (Fsp3) is 0.333. The van der Waals surface area contributed by atoms with Gasteiger partial charge in [0.05, 0.1) is 7.11 Å². The molecule has 21 heavy (non-hydrogen) atoms. The van der Waals surface area contributed by atoms with Crippen LogP contribution >= 0.6 is 0 Å². The van der Waals surface area contributed by atoms with E-state index in [9.17, 15) is 5.11 Å². The number of ether oxygens (including phenoxy) is 1. The number of benzene rings is 2. The zero-order valence-corrected chi connectivity index (χ0v) is 12.7. The van der Waals surface area contributed by atoms with Crippen LogP contribution in [-0.2, 0) is 13.0 Å². The van der Waals surface area contributed by atoms with Gasteiger partial charge in [0, 0.05) is 18.2 Å². The highest BCUT2D eigenvalue weighted by Gasteiger charge is 2.08. The molecule has 0 bridgehead atoms. The first-order valence-corrected chi connectivity index (χ1v) is 7.33. The first kappa shape index (κ1) is 15.4. The molecule has 1 unspecified atom stereocenters. The van der Waals surface area contributed by atoms with Crippen molar-refractivity contribution in [1.29, 1.82) is 0 Å². The molecule has 2 aromatic rings.